The van der Waals surface area contributed by atoms with E-state index < -0.39 is 21.0 Å². The number of hydrogen-bond donors (Lipinski definition) is 1. The van der Waals surface area contributed by atoms with E-state index in [1.807, 2.05) is 13.0 Å². The maximum Gasteiger partial charge on any atom is 0.242 e. The van der Waals surface area contributed by atoms with E-state index in [2.05, 4.69) is 15.3 Å². The first-order valence-electron chi connectivity index (χ1n) is 7.76. The van der Waals surface area contributed by atoms with Crippen LogP contribution in [-0.4, -0.2) is 35.3 Å². The lowest BCUT2D eigenvalue weighted by atomic mass is 10.2. The van der Waals surface area contributed by atoms with Gasteiger partial charge in [0.25, 0.3) is 0 Å². The zero-order valence-corrected chi connectivity index (χ0v) is 14.8. The molecule has 0 unspecified atom stereocenters. The van der Waals surface area contributed by atoms with Crippen molar-refractivity contribution < 1.29 is 13.2 Å². The first-order chi connectivity index (χ1) is 11.3. The van der Waals surface area contributed by atoms with Gasteiger partial charge < -0.3 is 5.32 Å². The van der Waals surface area contributed by atoms with Crippen LogP contribution in [0.15, 0.2) is 36.5 Å². The topological polar surface area (TPSA) is 89.0 Å². The first-order valence-corrected chi connectivity index (χ1v) is 9.47. The summed E-state index contributed by atoms with van der Waals surface area (Å²) < 4.78 is 23.9. The molecule has 24 heavy (non-hydrogen) atoms. The zero-order chi connectivity index (χ0) is 17.7. The van der Waals surface area contributed by atoms with Gasteiger partial charge >= 0.3 is 0 Å². The van der Waals surface area contributed by atoms with Crippen LogP contribution < -0.4 is 5.32 Å². The average Bonchev–Trinajstić information content (AvgIpc) is 2.54. The van der Waals surface area contributed by atoms with Gasteiger partial charge in [0.05, 0.1) is 5.75 Å². The minimum Gasteiger partial charge on any atom is -0.325 e. The lowest BCUT2D eigenvalue weighted by molar-refractivity contribution is -0.115. The lowest BCUT2D eigenvalue weighted by Gasteiger charge is -2.13. The van der Waals surface area contributed by atoms with Gasteiger partial charge in [-0.1, -0.05) is 6.92 Å². The number of rotatable bonds is 6. The second kappa shape index (κ2) is 7.53. The molecule has 6 nitrogen and oxygen atoms in total. The molecule has 1 aromatic heterocycles. The molecule has 0 bridgehead atoms. The molecule has 0 saturated carbocycles. The van der Waals surface area contributed by atoms with Crippen LogP contribution in [0.5, 0.6) is 0 Å². The van der Waals surface area contributed by atoms with Crippen molar-refractivity contribution in [1.29, 1.82) is 0 Å². The van der Waals surface area contributed by atoms with Crippen molar-refractivity contribution in [3.63, 3.8) is 0 Å². The number of benzene rings is 1. The average molecular weight is 347 g/mol. The number of carbonyl (C=O) groups excluding carboxylic acids is 1. The van der Waals surface area contributed by atoms with Crippen molar-refractivity contribution in [2.24, 2.45) is 0 Å². The number of sulfone groups is 1. The highest BCUT2D eigenvalue weighted by Crippen LogP contribution is 2.18. The molecule has 0 aliphatic heterocycles. The summed E-state index contributed by atoms with van der Waals surface area (Å²) in [6.45, 7) is 5.07. The molecule has 1 aromatic carbocycles. The van der Waals surface area contributed by atoms with Crippen molar-refractivity contribution in [3.8, 4) is 11.4 Å². The third kappa shape index (κ3) is 4.38. The number of anilines is 1. The SMILES string of the molecule is CCCS(=O)(=O)[C@@H](C)C(=O)Nc1ccc(-c2nccc(C)n2)cc1. The van der Waals surface area contributed by atoms with Crippen molar-refractivity contribution in [2.45, 2.75) is 32.4 Å². The fourth-order valence-corrected chi connectivity index (χ4v) is 3.47. The quantitative estimate of drug-likeness (QED) is 0.867. The van der Waals surface area contributed by atoms with E-state index in [1.54, 1.807) is 37.4 Å². The molecular formula is C17H21N3O3S. The van der Waals surface area contributed by atoms with Gasteiger partial charge in [0, 0.05) is 23.1 Å². The van der Waals surface area contributed by atoms with Crippen LogP contribution in [0.4, 0.5) is 5.69 Å². The molecule has 2 aromatic rings. The molecule has 128 valence electrons. The monoisotopic (exact) mass is 347 g/mol. The third-order valence-electron chi connectivity index (χ3n) is 3.60. The van der Waals surface area contributed by atoms with Gasteiger partial charge in [-0.05, 0) is 50.6 Å². The summed E-state index contributed by atoms with van der Waals surface area (Å²) in [5.74, 6) is 0.0837. The fraction of sp³-hybridized carbons (Fsp3) is 0.353. The van der Waals surface area contributed by atoms with E-state index in [1.165, 1.54) is 6.92 Å². The summed E-state index contributed by atoms with van der Waals surface area (Å²) in [6.07, 6.45) is 2.18. The van der Waals surface area contributed by atoms with Gasteiger partial charge in [0.2, 0.25) is 5.91 Å². The highest BCUT2D eigenvalue weighted by atomic mass is 32.2. The highest BCUT2D eigenvalue weighted by molar-refractivity contribution is 7.92. The standard InChI is InChI=1S/C17H21N3O3S/c1-4-11-24(22,23)13(3)17(21)20-15-7-5-14(6-8-15)16-18-10-9-12(2)19-16/h5-10,13H,4,11H2,1-3H3,(H,20,21)/t13-/m0/s1. The van der Waals surface area contributed by atoms with Crippen LogP contribution in [0.3, 0.4) is 0 Å². The molecule has 1 amide bonds. The molecule has 7 heteroatoms. The van der Waals surface area contributed by atoms with Crippen LogP contribution in [0.2, 0.25) is 0 Å². The van der Waals surface area contributed by atoms with Crippen molar-refractivity contribution in [2.75, 3.05) is 11.1 Å². The van der Waals surface area contributed by atoms with E-state index in [0.29, 0.717) is 17.9 Å². The van der Waals surface area contributed by atoms with Gasteiger partial charge in [-0.25, -0.2) is 18.4 Å². The molecule has 0 aliphatic rings. The van der Waals surface area contributed by atoms with E-state index in [9.17, 15) is 13.2 Å². The predicted molar refractivity (Wildman–Crippen MR) is 94.4 cm³/mol. The van der Waals surface area contributed by atoms with Crippen molar-refractivity contribution in [3.05, 3.63) is 42.2 Å². The molecular weight excluding hydrogens is 326 g/mol. The number of amides is 1. The predicted octanol–water partition coefficient (Wildman–Crippen LogP) is 2.60. The number of nitrogens with zero attached hydrogens (tertiary/aromatic N) is 2. The number of aromatic nitrogens is 2. The Morgan fingerprint density at radius 3 is 2.46 bits per heavy atom. The maximum absolute atomic E-state index is 12.1. The van der Waals surface area contributed by atoms with E-state index in [-0.39, 0.29) is 5.75 Å². The molecule has 1 heterocycles. The van der Waals surface area contributed by atoms with Crippen LogP contribution in [-0.2, 0) is 14.6 Å². The molecule has 1 atom stereocenters. The number of aryl methyl sites for hydroxylation is 1. The van der Waals surface area contributed by atoms with E-state index in [4.69, 9.17) is 0 Å². The molecule has 1 N–H and O–H groups in total. The fourth-order valence-electron chi connectivity index (χ4n) is 2.16. The van der Waals surface area contributed by atoms with E-state index in [0.717, 1.165) is 11.3 Å². The normalized spacial score (nSPS) is 12.6. The Labute approximate surface area is 142 Å². The maximum atomic E-state index is 12.1. The Balaban J connectivity index is 2.10. The first kappa shape index (κ1) is 18.1. The summed E-state index contributed by atoms with van der Waals surface area (Å²) in [5.41, 5.74) is 2.23. The number of nitrogens with one attached hydrogen (secondary N) is 1. The largest absolute Gasteiger partial charge is 0.325 e. The van der Waals surface area contributed by atoms with Crippen LogP contribution in [0.25, 0.3) is 11.4 Å². The summed E-state index contributed by atoms with van der Waals surface area (Å²) >= 11 is 0. The number of carbonyl (C=O) groups is 1. The Morgan fingerprint density at radius 1 is 1.21 bits per heavy atom. The summed E-state index contributed by atoms with van der Waals surface area (Å²) in [5, 5.41) is 1.57. The Kier molecular flexibility index (Phi) is 5.66. The lowest BCUT2D eigenvalue weighted by Crippen LogP contribution is -2.34. The highest BCUT2D eigenvalue weighted by Gasteiger charge is 2.27. The van der Waals surface area contributed by atoms with Crippen LogP contribution in [0.1, 0.15) is 26.0 Å². The van der Waals surface area contributed by atoms with Crippen molar-refractivity contribution >= 4 is 21.4 Å². The summed E-state index contributed by atoms with van der Waals surface area (Å²) in [7, 11) is -3.42. The van der Waals surface area contributed by atoms with Crippen LogP contribution >= 0.6 is 0 Å². The summed E-state index contributed by atoms with van der Waals surface area (Å²) in [4.78, 5) is 20.7. The van der Waals surface area contributed by atoms with E-state index >= 15 is 0 Å². The Hall–Kier alpha value is -2.28. The second-order valence-corrected chi connectivity index (χ2v) is 8.04. The molecule has 0 aliphatic carbocycles. The third-order valence-corrected chi connectivity index (χ3v) is 5.87. The van der Waals surface area contributed by atoms with Gasteiger partial charge in [0.15, 0.2) is 15.7 Å². The molecule has 0 saturated heterocycles. The van der Waals surface area contributed by atoms with Gasteiger partial charge in [-0.3, -0.25) is 4.79 Å². The Morgan fingerprint density at radius 2 is 1.88 bits per heavy atom. The molecule has 0 fully saturated rings. The minimum atomic E-state index is -3.42. The van der Waals surface area contributed by atoms with Crippen molar-refractivity contribution in [1.82, 2.24) is 9.97 Å². The minimum absolute atomic E-state index is 0.00518. The van der Waals surface area contributed by atoms with Crippen LogP contribution in [0, 0.1) is 6.92 Å². The Bertz CT molecular complexity index is 817. The number of hydrogen-bond acceptors (Lipinski definition) is 5. The smallest absolute Gasteiger partial charge is 0.242 e. The second-order valence-electron chi connectivity index (χ2n) is 5.60. The molecule has 0 radical (unpaired) electrons. The van der Waals surface area contributed by atoms with Gasteiger partial charge in [0.1, 0.15) is 5.25 Å². The van der Waals surface area contributed by atoms with Gasteiger partial charge in [-0.2, -0.15) is 0 Å². The summed E-state index contributed by atoms with van der Waals surface area (Å²) in [6, 6.07) is 8.80. The molecule has 0 spiro atoms. The van der Waals surface area contributed by atoms with Gasteiger partial charge in [-0.15, -0.1) is 0 Å². The zero-order valence-electron chi connectivity index (χ0n) is 14.0. The molecule has 2 rings (SSSR count).